The van der Waals surface area contributed by atoms with Gasteiger partial charge in [0.1, 0.15) is 46.2 Å². The van der Waals surface area contributed by atoms with Crippen molar-refractivity contribution >= 4 is 22.7 Å². The Balaban J connectivity index is 1.39. The Morgan fingerprint density at radius 3 is 2.31 bits per heavy atom. The first kappa shape index (κ1) is 32.9. The summed E-state index contributed by atoms with van der Waals surface area (Å²) < 4.78 is 109. The van der Waals surface area contributed by atoms with E-state index in [1.165, 1.54) is 19.1 Å². The lowest BCUT2D eigenvalue weighted by Gasteiger charge is -2.31. The fraction of sp³-hybridized carbons (Fsp3) is 0.312. The summed E-state index contributed by atoms with van der Waals surface area (Å²) in [6.07, 6.45) is -9.38. The molecular weight excluding hydrogens is 653 g/mol. The van der Waals surface area contributed by atoms with Crippen LogP contribution in [0.1, 0.15) is 47.1 Å². The van der Waals surface area contributed by atoms with Crippen LogP contribution in [0, 0.1) is 5.82 Å². The maximum atomic E-state index is 14.8. The van der Waals surface area contributed by atoms with E-state index in [1.54, 1.807) is 0 Å². The van der Waals surface area contributed by atoms with E-state index in [4.69, 9.17) is 15.2 Å². The molecule has 3 heterocycles. The molecule has 252 valence electrons. The highest BCUT2D eigenvalue weighted by Gasteiger charge is 2.57. The minimum Gasteiger partial charge on any atom is -0.489 e. The third kappa shape index (κ3) is 5.84. The van der Waals surface area contributed by atoms with E-state index < -0.39 is 58.9 Å². The van der Waals surface area contributed by atoms with E-state index in [2.05, 4.69) is 9.97 Å². The topological polar surface area (TPSA) is 137 Å². The number of aliphatic hydroxyl groups is 1. The number of nitrogens with one attached hydrogen (secondary N) is 1. The Labute approximate surface area is 266 Å². The van der Waals surface area contributed by atoms with Gasteiger partial charge in [0.15, 0.2) is 0 Å². The summed E-state index contributed by atoms with van der Waals surface area (Å²) in [7, 11) is 0. The number of rotatable bonds is 8. The van der Waals surface area contributed by atoms with Crippen LogP contribution in [-0.2, 0) is 22.0 Å². The molecule has 2 aliphatic rings. The number of pyridine rings is 2. The zero-order valence-corrected chi connectivity index (χ0v) is 24.8. The number of ether oxygens (including phenoxy) is 2. The number of aromatic nitrogens is 2. The molecule has 48 heavy (non-hydrogen) atoms. The maximum absolute atomic E-state index is 14.8. The molecule has 0 saturated heterocycles. The van der Waals surface area contributed by atoms with Crippen molar-refractivity contribution in [2.24, 2.45) is 5.73 Å². The predicted molar refractivity (Wildman–Crippen MR) is 154 cm³/mol. The standard InChI is InChI=1S/C32H25F7N4O5/c1-29(28(40)45)14-47-26-20(29)12-23(43-25(26)15-2-5-18(33)6-3-15)30(46,32(37,38)39)13-41-27(44)17-10-16-4-9-22(31(34,35)36)42-24(16)21(11-17)48-19-7-8-19/h2-6,9-12,19,46H,7-8,13-14H2,1H3,(H2,40,45)(H,41,44)/t29-,30?/m0/s1. The van der Waals surface area contributed by atoms with Crippen LogP contribution >= 0.6 is 0 Å². The van der Waals surface area contributed by atoms with Crippen molar-refractivity contribution in [3.63, 3.8) is 0 Å². The van der Waals surface area contributed by atoms with Crippen molar-refractivity contribution in [2.45, 2.75) is 49.2 Å². The van der Waals surface area contributed by atoms with Gasteiger partial charge in [-0.15, -0.1) is 0 Å². The summed E-state index contributed by atoms with van der Waals surface area (Å²) in [5, 5.41) is 13.4. The Hall–Kier alpha value is -4.99. The normalized spacial score (nSPS) is 18.9. The summed E-state index contributed by atoms with van der Waals surface area (Å²) >= 11 is 0. The molecule has 1 fully saturated rings. The van der Waals surface area contributed by atoms with E-state index in [-0.39, 0.29) is 57.5 Å². The van der Waals surface area contributed by atoms with E-state index in [0.717, 1.165) is 36.4 Å². The highest BCUT2D eigenvalue weighted by atomic mass is 19.4. The molecule has 1 saturated carbocycles. The number of benzene rings is 2. The number of amides is 2. The lowest BCUT2D eigenvalue weighted by atomic mass is 9.81. The van der Waals surface area contributed by atoms with Crippen molar-refractivity contribution in [1.82, 2.24) is 15.3 Å². The van der Waals surface area contributed by atoms with E-state index in [0.29, 0.717) is 18.9 Å². The number of nitrogens with zero attached hydrogens (tertiary/aromatic N) is 2. The molecule has 1 unspecified atom stereocenters. The van der Waals surface area contributed by atoms with Gasteiger partial charge in [0.25, 0.3) is 5.91 Å². The lowest BCUT2D eigenvalue weighted by Crippen LogP contribution is -2.51. The number of hydrogen-bond donors (Lipinski definition) is 3. The third-order valence-corrected chi connectivity index (χ3v) is 8.26. The van der Waals surface area contributed by atoms with Gasteiger partial charge in [-0.05, 0) is 68.3 Å². The first-order chi connectivity index (χ1) is 22.4. The molecule has 0 bridgehead atoms. The second kappa shape index (κ2) is 11.3. The first-order valence-corrected chi connectivity index (χ1v) is 14.4. The molecule has 9 nitrogen and oxygen atoms in total. The van der Waals surface area contributed by atoms with Gasteiger partial charge in [0, 0.05) is 22.1 Å². The quantitative estimate of drug-likeness (QED) is 0.215. The van der Waals surface area contributed by atoms with E-state index in [9.17, 15) is 45.4 Å². The Kier molecular flexibility index (Phi) is 7.76. The molecule has 2 aromatic heterocycles. The predicted octanol–water partition coefficient (Wildman–Crippen LogP) is 5.31. The van der Waals surface area contributed by atoms with Crippen molar-refractivity contribution in [3.8, 4) is 22.8 Å². The number of fused-ring (bicyclic) bond motifs is 2. The smallest absolute Gasteiger partial charge is 0.433 e. The van der Waals surface area contributed by atoms with Crippen LogP contribution in [0.4, 0.5) is 30.7 Å². The zero-order valence-electron chi connectivity index (χ0n) is 24.8. The SMILES string of the molecule is C[C@]1(C(N)=O)COc2c1cc(C(O)(CNC(=O)c1cc(OC3CC3)c3nc(C(F)(F)F)ccc3c1)C(F)(F)F)nc2-c1ccc(F)cc1. The molecule has 1 aliphatic heterocycles. The van der Waals surface area contributed by atoms with Gasteiger partial charge in [-0.2, -0.15) is 26.3 Å². The summed E-state index contributed by atoms with van der Waals surface area (Å²) in [6.45, 7) is -0.508. The Morgan fingerprint density at radius 2 is 1.71 bits per heavy atom. The molecule has 16 heteroatoms. The maximum Gasteiger partial charge on any atom is 0.433 e. The minimum absolute atomic E-state index is 0.0485. The lowest BCUT2D eigenvalue weighted by molar-refractivity contribution is -0.265. The molecule has 1 aliphatic carbocycles. The molecule has 2 aromatic carbocycles. The van der Waals surface area contributed by atoms with Crippen molar-refractivity contribution < 1.29 is 54.9 Å². The van der Waals surface area contributed by atoms with Gasteiger partial charge in [-0.1, -0.05) is 6.07 Å². The fourth-order valence-corrected chi connectivity index (χ4v) is 5.20. The highest BCUT2D eigenvalue weighted by Crippen LogP contribution is 2.48. The Bertz CT molecular complexity index is 1950. The first-order valence-electron chi connectivity index (χ1n) is 14.4. The van der Waals surface area contributed by atoms with Crippen LogP contribution in [0.15, 0.2) is 54.6 Å². The molecular formula is C32H25F7N4O5. The largest absolute Gasteiger partial charge is 0.489 e. The van der Waals surface area contributed by atoms with Gasteiger partial charge in [0.2, 0.25) is 11.5 Å². The molecule has 4 N–H and O–H groups in total. The van der Waals surface area contributed by atoms with E-state index >= 15 is 0 Å². The van der Waals surface area contributed by atoms with Crippen molar-refractivity contribution in [3.05, 3.63) is 82.9 Å². The monoisotopic (exact) mass is 678 g/mol. The number of alkyl halides is 6. The van der Waals surface area contributed by atoms with Gasteiger partial charge >= 0.3 is 12.4 Å². The Morgan fingerprint density at radius 1 is 1.02 bits per heavy atom. The molecule has 2 amide bonds. The average Bonchev–Trinajstić information content (AvgIpc) is 3.78. The second-order valence-electron chi connectivity index (χ2n) is 11.8. The number of nitrogens with two attached hydrogens (primary N) is 1. The minimum atomic E-state index is -5.47. The summed E-state index contributed by atoms with van der Waals surface area (Å²) in [5.41, 5.74) is -2.90. The molecule has 0 radical (unpaired) electrons. The van der Waals surface area contributed by atoms with Crippen LogP contribution < -0.4 is 20.5 Å². The third-order valence-electron chi connectivity index (χ3n) is 8.26. The summed E-state index contributed by atoms with van der Waals surface area (Å²) in [5.74, 6) is -3.00. The fourth-order valence-electron chi connectivity index (χ4n) is 5.20. The summed E-state index contributed by atoms with van der Waals surface area (Å²) in [6, 6.07) is 9.23. The molecule has 4 aromatic rings. The van der Waals surface area contributed by atoms with Gasteiger partial charge in [0.05, 0.1) is 18.3 Å². The number of carbonyl (C=O) groups excluding carboxylic acids is 2. The van der Waals surface area contributed by atoms with Crippen LogP contribution in [0.25, 0.3) is 22.2 Å². The van der Waals surface area contributed by atoms with Crippen LogP contribution in [0.5, 0.6) is 11.5 Å². The molecule has 2 atom stereocenters. The average molecular weight is 679 g/mol. The second-order valence-corrected chi connectivity index (χ2v) is 11.8. The number of primary amides is 1. The van der Waals surface area contributed by atoms with Crippen molar-refractivity contribution in [1.29, 1.82) is 0 Å². The van der Waals surface area contributed by atoms with Gasteiger partial charge < -0.3 is 25.6 Å². The number of carbonyl (C=O) groups is 2. The molecule has 6 rings (SSSR count). The van der Waals surface area contributed by atoms with Crippen LogP contribution in [0.3, 0.4) is 0 Å². The molecule has 0 spiro atoms. The number of hydrogen-bond acceptors (Lipinski definition) is 7. The summed E-state index contributed by atoms with van der Waals surface area (Å²) in [4.78, 5) is 33.4. The van der Waals surface area contributed by atoms with E-state index in [1.807, 2.05) is 5.32 Å². The van der Waals surface area contributed by atoms with Crippen LogP contribution in [-0.4, -0.2) is 52.3 Å². The van der Waals surface area contributed by atoms with Gasteiger partial charge in [-0.25, -0.2) is 14.4 Å². The van der Waals surface area contributed by atoms with Gasteiger partial charge in [-0.3, -0.25) is 9.59 Å². The zero-order chi connectivity index (χ0) is 34.8. The van der Waals surface area contributed by atoms with Crippen LogP contribution in [0.2, 0.25) is 0 Å². The number of halogens is 7. The van der Waals surface area contributed by atoms with Crippen molar-refractivity contribution in [2.75, 3.05) is 13.2 Å². The highest BCUT2D eigenvalue weighted by molar-refractivity contribution is 6.00.